The second-order valence-electron chi connectivity index (χ2n) is 15.7. The van der Waals surface area contributed by atoms with Crippen molar-refractivity contribution in [1.82, 2.24) is 0 Å². The molecule has 1 aliphatic carbocycles. The van der Waals surface area contributed by atoms with E-state index in [-0.39, 0.29) is 5.41 Å². The maximum Gasteiger partial charge on any atom is 0.159 e. The van der Waals surface area contributed by atoms with Crippen LogP contribution < -0.4 is 4.90 Å². The van der Waals surface area contributed by atoms with E-state index in [0.717, 1.165) is 50.1 Å². The number of furan rings is 1. The minimum Gasteiger partial charge on any atom is -0.453 e. The van der Waals surface area contributed by atoms with E-state index in [1.54, 1.807) is 0 Å². The molecule has 0 atom stereocenters. The van der Waals surface area contributed by atoms with Crippen molar-refractivity contribution in [3.8, 4) is 44.5 Å². The Balaban J connectivity index is 1.13. The molecule has 0 saturated heterocycles. The summed E-state index contributed by atoms with van der Waals surface area (Å²) in [5.41, 5.74) is 17.1. The molecule has 1 heterocycles. The zero-order chi connectivity index (χ0) is 38.1. The fourth-order valence-electron chi connectivity index (χ4n) is 9.19. The molecular weight excluding hydrogens is 691 g/mol. The highest BCUT2D eigenvalue weighted by Gasteiger charge is 2.36. The first-order valence-electron chi connectivity index (χ1n) is 19.8. The molecule has 0 spiro atoms. The van der Waals surface area contributed by atoms with Crippen LogP contribution >= 0.6 is 0 Å². The fraction of sp³-hybridized carbons (Fsp3) is 0.0545. The number of para-hydroxylation sites is 1. The number of anilines is 3. The lowest BCUT2D eigenvalue weighted by molar-refractivity contribution is 0.660. The molecule has 0 unspecified atom stereocenters. The summed E-state index contributed by atoms with van der Waals surface area (Å²) in [4.78, 5) is 2.38. The molecule has 11 rings (SSSR count). The lowest BCUT2D eigenvalue weighted by Gasteiger charge is -2.28. The molecule has 1 aliphatic rings. The summed E-state index contributed by atoms with van der Waals surface area (Å²) in [6, 6.07) is 72.4. The molecule has 10 aromatic rings. The number of rotatable bonds is 6. The third-order valence-electron chi connectivity index (χ3n) is 12.1. The highest BCUT2D eigenvalue weighted by molar-refractivity contribution is 6.24. The topological polar surface area (TPSA) is 16.4 Å². The van der Waals surface area contributed by atoms with Gasteiger partial charge >= 0.3 is 0 Å². The van der Waals surface area contributed by atoms with E-state index in [0.29, 0.717) is 0 Å². The van der Waals surface area contributed by atoms with Gasteiger partial charge in [0, 0.05) is 33.1 Å². The quantitative estimate of drug-likeness (QED) is 0.169. The summed E-state index contributed by atoms with van der Waals surface area (Å²) in [6.07, 6.45) is 0. The second kappa shape index (κ2) is 13.0. The highest BCUT2D eigenvalue weighted by Crippen LogP contribution is 2.52. The molecule has 0 fully saturated rings. The maximum absolute atomic E-state index is 7.25. The van der Waals surface area contributed by atoms with Crippen molar-refractivity contribution >= 4 is 49.8 Å². The first-order valence-corrected chi connectivity index (χ1v) is 19.8. The van der Waals surface area contributed by atoms with Gasteiger partial charge in [-0.1, -0.05) is 178 Å². The standard InChI is InChI=1S/C55H39NO/c1-55(2)49-22-12-11-20-45(49)46-33-32-43(35-50(46)55)56(42-30-28-39(29-31-42)37-16-7-4-8-17-37)51-23-13-21-47-52-44-19-10-9-18-41(44)34-48(54(52)57-53(47)51)40-26-24-38(25-27-40)36-14-5-3-6-15-36/h3-35H,1-2H3. The molecule has 0 bridgehead atoms. The van der Waals surface area contributed by atoms with Crippen molar-refractivity contribution < 1.29 is 4.42 Å². The number of fused-ring (bicyclic) bond motifs is 8. The zero-order valence-electron chi connectivity index (χ0n) is 31.9. The minimum absolute atomic E-state index is 0.139. The number of benzene rings is 9. The van der Waals surface area contributed by atoms with E-state index in [2.05, 4.69) is 219 Å². The first-order chi connectivity index (χ1) is 28.0. The van der Waals surface area contributed by atoms with Gasteiger partial charge in [-0.2, -0.15) is 0 Å². The van der Waals surface area contributed by atoms with E-state index >= 15 is 0 Å². The van der Waals surface area contributed by atoms with Crippen LogP contribution in [-0.4, -0.2) is 0 Å². The Morgan fingerprint density at radius 1 is 0.386 bits per heavy atom. The van der Waals surface area contributed by atoms with Gasteiger partial charge in [0.05, 0.1) is 5.69 Å². The van der Waals surface area contributed by atoms with Crippen LogP contribution in [0.3, 0.4) is 0 Å². The number of hydrogen-bond donors (Lipinski definition) is 0. The van der Waals surface area contributed by atoms with Crippen molar-refractivity contribution in [2.75, 3.05) is 4.90 Å². The van der Waals surface area contributed by atoms with Gasteiger partial charge in [-0.05, 0) is 97.2 Å². The lowest BCUT2D eigenvalue weighted by Crippen LogP contribution is -2.16. The van der Waals surface area contributed by atoms with Crippen molar-refractivity contribution in [1.29, 1.82) is 0 Å². The van der Waals surface area contributed by atoms with Crippen LogP contribution in [0.5, 0.6) is 0 Å². The smallest absolute Gasteiger partial charge is 0.159 e. The molecule has 0 amide bonds. The van der Waals surface area contributed by atoms with Gasteiger partial charge in [0.25, 0.3) is 0 Å². The van der Waals surface area contributed by atoms with Crippen LogP contribution in [0.1, 0.15) is 25.0 Å². The molecule has 270 valence electrons. The Hall–Kier alpha value is -7.16. The normalized spacial score (nSPS) is 12.9. The van der Waals surface area contributed by atoms with Gasteiger partial charge in [0.15, 0.2) is 5.58 Å². The molecule has 0 N–H and O–H groups in total. The predicted molar refractivity (Wildman–Crippen MR) is 240 cm³/mol. The van der Waals surface area contributed by atoms with E-state index < -0.39 is 0 Å². The van der Waals surface area contributed by atoms with Gasteiger partial charge in [-0.25, -0.2) is 0 Å². The molecule has 1 aromatic heterocycles. The van der Waals surface area contributed by atoms with Crippen LogP contribution in [0.25, 0.3) is 77.2 Å². The Bertz CT molecular complexity index is 3120. The fourth-order valence-corrected chi connectivity index (χ4v) is 9.19. The third-order valence-corrected chi connectivity index (χ3v) is 12.1. The van der Waals surface area contributed by atoms with Crippen LogP contribution in [-0.2, 0) is 5.41 Å². The Morgan fingerprint density at radius 3 is 1.68 bits per heavy atom. The monoisotopic (exact) mass is 729 g/mol. The van der Waals surface area contributed by atoms with Crippen LogP contribution in [0.4, 0.5) is 17.1 Å². The largest absolute Gasteiger partial charge is 0.453 e. The number of hydrogen-bond acceptors (Lipinski definition) is 2. The second-order valence-corrected chi connectivity index (χ2v) is 15.7. The molecule has 2 heteroatoms. The van der Waals surface area contributed by atoms with Gasteiger partial charge in [-0.3, -0.25) is 0 Å². The predicted octanol–water partition coefficient (Wildman–Crippen LogP) is 15.5. The molecule has 57 heavy (non-hydrogen) atoms. The molecule has 0 radical (unpaired) electrons. The summed E-state index contributed by atoms with van der Waals surface area (Å²) < 4.78 is 7.25. The highest BCUT2D eigenvalue weighted by atomic mass is 16.3. The third kappa shape index (κ3) is 5.33. The van der Waals surface area contributed by atoms with Crippen molar-refractivity contribution in [3.05, 3.63) is 211 Å². The van der Waals surface area contributed by atoms with E-state index in [9.17, 15) is 0 Å². The summed E-state index contributed by atoms with van der Waals surface area (Å²) in [6.45, 7) is 4.69. The van der Waals surface area contributed by atoms with Gasteiger partial charge in [0.2, 0.25) is 0 Å². The molecule has 0 aliphatic heterocycles. The van der Waals surface area contributed by atoms with Gasteiger partial charge in [0.1, 0.15) is 5.58 Å². The zero-order valence-corrected chi connectivity index (χ0v) is 31.9. The lowest BCUT2D eigenvalue weighted by atomic mass is 9.82. The molecular formula is C55H39NO. The number of nitrogens with zero attached hydrogens (tertiary/aromatic N) is 1. The Morgan fingerprint density at radius 2 is 0.947 bits per heavy atom. The van der Waals surface area contributed by atoms with Gasteiger partial charge < -0.3 is 9.32 Å². The van der Waals surface area contributed by atoms with Crippen molar-refractivity contribution in [2.45, 2.75) is 19.3 Å². The summed E-state index contributed by atoms with van der Waals surface area (Å²) in [7, 11) is 0. The average molecular weight is 730 g/mol. The van der Waals surface area contributed by atoms with Crippen LogP contribution in [0.2, 0.25) is 0 Å². The summed E-state index contributed by atoms with van der Waals surface area (Å²) >= 11 is 0. The van der Waals surface area contributed by atoms with E-state index in [1.165, 1.54) is 55.3 Å². The summed E-state index contributed by atoms with van der Waals surface area (Å²) in [5, 5.41) is 4.61. The maximum atomic E-state index is 7.25. The first kappa shape index (κ1) is 33.2. The SMILES string of the molecule is CC1(C)c2ccccc2-c2ccc(N(c3ccc(-c4ccccc4)cc3)c3cccc4c3oc3c(-c5ccc(-c6ccccc6)cc5)cc5ccccc5c34)cc21. The van der Waals surface area contributed by atoms with Gasteiger partial charge in [-0.15, -0.1) is 0 Å². The molecule has 0 saturated carbocycles. The molecule has 2 nitrogen and oxygen atoms in total. The Labute approximate surface area is 332 Å². The van der Waals surface area contributed by atoms with Crippen molar-refractivity contribution in [2.24, 2.45) is 0 Å². The van der Waals surface area contributed by atoms with Crippen molar-refractivity contribution in [3.63, 3.8) is 0 Å². The van der Waals surface area contributed by atoms with Crippen LogP contribution in [0, 0.1) is 0 Å². The van der Waals surface area contributed by atoms with E-state index in [1.807, 2.05) is 0 Å². The molecule has 9 aromatic carbocycles. The minimum atomic E-state index is -0.139. The Kier molecular flexibility index (Phi) is 7.55. The summed E-state index contributed by atoms with van der Waals surface area (Å²) in [5.74, 6) is 0. The van der Waals surface area contributed by atoms with Crippen LogP contribution in [0.15, 0.2) is 205 Å². The van der Waals surface area contributed by atoms with E-state index in [4.69, 9.17) is 4.42 Å². The average Bonchev–Trinajstić information content (AvgIpc) is 3.78.